The Morgan fingerprint density at radius 2 is 1.73 bits per heavy atom. The van der Waals surface area contributed by atoms with Crippen molar-refractivity contribution in [3.05, 3.63) is 120 Å². The summed E-state index contributed by atoms with van der Waals surface area (Å²) in [6.07, 6.45) is 1.44. The van der Waals surface area contributed by atoms with Crippen LogP contribution in [0.2, 0.25) is 10.0 Å². The van der Waals surface area contributed by atoms with Crippen LogP contribution in [0.15, 0.2) is 104 Å². The van der Waals surface area contributed by atoms with Crippen molar-refractivity contribution in [3.63, 3.8) is 0 Å². The molecule has 0 aliphatic heterocycles. The lowest BCUT2D eigenvalue weighted by molar-refractivity contribution is -0.118. The van der Waals surface area contributed by atoms with Crippen molar-refractivity contribution in [1.82, 2.24) is 10.4 Å². The van der Waals surface area contributed by atoms with Crippen LogP contribution in [-0.4, -0.2) is 29.6 Å². The Morgan fingerprint density at radius 1 is 0.977 bits per heavy atom. The molecule has 4 aromatic carbocycles. The topological polar surface area (TPSA) is 105 Å². The molecule has 0 aliphatic rings. The number of carbonyl (C=O) groups excluding carboxylic acids is 2. The molecule has 8 nitrogen and oxygen atoms in total. The Morgan fingerprint density at radius 3 is 2.48 bits per heavy atom. The molecule has 0 saturated carbocycles. The van der Waals surface area contributed by atoms with Crippen LogP contribution < -0.4 is 20.8 Å². The number of ether oxygens (including phenoxy) is 1. The number of aromatic nitrogens is 1. The smallest absolute Gasteiger partial charge is 0.271 e. The van der Waals surface area contributed by atoms with Gasteiger partial charge >= 0.3 is 0 Å². The van der Waals surface area contributed by atoms with Crippen LogP contribution in [0, 0.1) is 0 Å². The van der Waals surface area contributed by atoms with Crippen molar-refractivity contribution in [2.45, 2.75) is 0 Å². The average molecular weight is 774 g/mol. The molecule has 5 aromatic rings. The van der Waals surface area contributed by atoms with E-state index in [0.717, 1.165) is 26.5 Å². The van der Waals surface area contributed by atoms with Gasteiger partial charge in [0.2, 0.25) is 0 Å². The second-order valence-electron chi connectivity index (χ2n) is 9.07. The number of nitrogens with zero attached hydrogens (tertiary/aromatic N) is 2. The molecule has 3 N–H and O–H groups in total. The number of anilines is 3. The van der Waals surface area contributed by atoms with Gasteiger partial charge in [0, 0.05) is 37.3 Å². The summed E-state index contributed by atoms with van der Waals surface area (Å²) in [5.41, 5.74) is 6.49. The van der Waals surface area contributed by atoms with Crippen LogP contribution in [0.1, 0.15) is 15.9 Å². The van der Waals surface area contributed by atoms with Gasteiger partial charge in [-0.05, 0) is 76.6 Å². The number of benzene rings is 4. The Kier molecular flexibility index (Phi) is 10.7. The number of carbonyl (C=O) groups is 2. The zero-order valence-electron chi connectivity index (χ0n) is 22.5. The second-order valence-corrected chi connectivity index (χ2v) is 12.5. The maximum atomic E-state index is 12.8. The van der Waals surface area contributed by atoms with Gasteiger partial charge < -0.3 is 15.4 Å². The van der Waals surface area contributed by atoms with E-state index in [9.17, 15) is 9.59 Å². The Labute approximate surface area is 283 Å². The highest BCUT2D eigenvalue weighted by molar-refractivity contribution is 9.11. The normalized spacial score (nSPS) is 10.9. The molecule has 222 valence electrons. The summed E-state index contributed by atoms with van der Waals surface area (Å²) in [7, 11) is 0. The van der Waals surface area contributed by atoms with Crippen LogP contribution in [0.4, 0.5) is 16.5 Å². The number of thiazole rings is 1. The fraction of sp³-hybridized carbons (Fsp3) is 0.0323. The van der Waals surface area contributed by atoms with Crippen molar-refractivity contribution in [1.29, 1.82) is 0 Å². The van der Waals surface area contributed by atoms with Crippen molar-refractivity contribution in [3.8, 4) is 17.0 Å². The Balaban J connectivity index is 1.19. The number of rotatable bonds is 10. The fourth-order valence-electron chi connectivity index (χ4n) is 3.85. The SMILES string of the molecule is O=C(COc1c(Br)cc(Br)cc1/C=N\NC(=O)c1ccc(-c2csc(Nc3ccc(Cl)cc3)n2)cc1)Nc1ccccc1Cl. The minimum atomic E-state index is -0.396. The van der Waals surface area contributed by atoms with Crippen LogP contribution in [0.3, 0.4) is 0 Å². The van der Waals surface area contributed by atoms with Crippen molar-refractivity contribution in [2.75, 3.05) is 17.2 Å². The highest BCUT2D eigenvalue weighted by Crippen LogP contribution is 2.32. The maximum absolute atomic E-state index is 12.8. The first-order valence-corrected chi connectivity index (χ1v) is 16.1. The molecule has 0 saturated heterocycles. The van der Waals surface area contributed by atoms with Crippen molar-refractivity contribution >= 4 is 101 Å². The monoisotopic (exact) mass is 771 g/mol. The summed E-state index contributed by atoms with van der Waals surface area (Å²) in [6.45, 7) is -0.275. The minimum absolute atomic E-state index is 0.275. The number of nitrogens with one attached hydrogen (secondary N) is 3. The average Bonchev–Trinajstić information content (AvgIpc) is 3.47. The zero-order valence-corrected chi connectivity index (χ0v) is 28.0. The summed E-state index contributed by atoms with van der Waals surface area (Å²) in [6, 6.07) is 24.9. The summed E-state index contributed by atoms with van der Waals surface area (Å²) in [5, 5.41) is 13.8. The molecule has 0 unspecified atom stereocenters. The zero-order chi connectivity index (χ0) is 31.1. The molecule has 0 aliphatic carbocycles. The third kappa shape index (κ3) is 8.46. The maximum Gasteiger partial charge on any atom is 0.271 e. The lowest BCUT2D eigenvalue weighted by Gasteiger charge is -2.12. The predicted molar refractivity (Wildman–Crippen MR) is 185 cm³/mol. The first kappa shape index (κ1) is 31.7. The van der Waals surface area contributed by atoms with Gasteiger partial charge in [-0.25, -0.2) is 10.4 Å². The van der Waals surface area contributed by atoms with E-state index in [-0.39, 0.29) is 12.5 Å². The highest BCUT2D eigenvalue weighted by atomic mass is 79.9. The first-order chi connectivity index (χ1) is 21.2. The summed E-state index contributed by atoms with van der Waals surface area (Å²) in [5.74, 6) is -0.413. The van der Waals surface area contributed by atoms with E-state index in [4.69, 9.17) is 27.9 Å². The van der Waals surface area contributed by atoms with E-state index in [1.54, 1.807) is 48.5 Å². The minimum Gasteiger partial charge on any atom is -0.482 e. The molecule has 13 heteroatoms. The van der Waals surface area contributed by atoms with Crippen molar-refractivity contribution in [2.24, 2.45) is 5.10 Å². The number of hydrazone groups is 1. The lowest BCUT2D eigenvalue weighted by atomic mass is 10.1. The molecule has 5 rings (SSSR count). The van der Waals surface area contributed by atoms with E-state index < -0.39 is 5.91 Å². The van der Waals surface area contributed by atoms with Gasteiger partial charge in [-0.1, -0.05) is 63.4 Å². The van der Waals surface area contributed by atoms with Gasteiger partial charge in [-0.2, -0.15) is 5.10 Å². The summed E-state index contributed by atoms with van der Waals surface area (Å²) >= 11 is 20.4. The molecule has 0 atom stereocenters. The molecule has 0 fully saturated rings. The van der Waals surface area contributed by atoms with Gasteiger partial charge in [0.15, 0.2) is 11.7 Å². The van der Waals surface area contributed by atoms with Crippen LogP contribution in [0.25, 0.3) is 11.3 Å². The van der Waals surface area contributed by atoms with Gasteiger partial charge in [-0.15, -0.1) is 11.3 Å². The van der Waals surface area contributed by atoms with Gasteiger partial charge in [0.1, 0.15) is 5.75 Å². The number of hydrogen-bond acceptors (Lipinski definition) is 7. The molecule has 1 heterocycles. The molecular weight excluding hydrogens is 753 g/mol. The van der Waals surface area contributed by atoms with E-state index in [2.05, 4.69) is 58.0 Å². The standard InChI is InChI=1S/C31H21Br2Cl2N5O3S/c32-21-13-20(29(24(33)14-21)43-16-28(41)38-26-4-2-1-3-25(26)35)15-36-40-30(42)19-7-5-18(6-8-19)27-17-44-31(39-27)37-23-11-9-22(34)10-12-23/h1-15,17H,16H2,(H,37,39)(H,38,41)(H,40,42)/b36-15-. The third-order valence-electron chi connectivity index (χ3n) is 5.94. The molecule has 0 bridgehead atoms. The van der Waals surface area contributed by atoms with Crippen LogP contribution >= 0.6 is 66.4 Å². The number of para-hydroxylation sites is 1. The number of hydrogen-bond donors (Lipinski definition) is 3. The largest absolute Gasteiger partial charge is 0.482 e. The van der Waals surface area contributed by atoms with Gasteiger partial charge in [-0.3, -0.25) is 9.59 Å². The third-order valence-corrected chi connectivity index (χ3v) is 8.33. The number of halogens is 4. The summed E-state index contributed by atoms with van der Waals surface area (Å²) in [4.78, 5) is 29.9. The second kappa shape index (κ2) is 14.8. The quantitative estimate of drug-likeness (QED) is 0.0971. The molecule has 0 radical (unpaired) electrons. The van der Waals surface area contributed by atoms with Crippen molar-refractivity contribution < 1.29 is 14.3 Å². The molecule has 1 aromatic heterocycles. The van der Waals surface area contributed by atoms with Gasteiger partial charge in [0.05, 0.1) is 27.1 Å². The Bertz CT molecular complexity index is 1830. The predicted octanol–water partition coefficient (Wildman–Crippen LogP) is 9.17. The summed E-state index contributed by atoms with van der Waals surface area (Å²) < 4.78 is 7.13. The lowest BCUT2D eigenvalue weighted by Crippen LogP contribution is -2.21. The first-order valence-electron chi connectivity index (χ1n) is 12.8. The highest BCUT2D eigenvalue weighted by Gasteiger charge is 2.13. The molecule has 44 heavy (non-hydrogen) atoms. The Hall–Kier alpha value is -3.74. The fourth-order valence-corrected chi connectivity index (χ4v) is 6.27. The van der Waals surface area contributed by atoms with E-state index in [0.29, 0.717) is 37.1 Å². The van der Waals surface area contributed by atoms with Gasteiger partial charge in [0.25, 0.3) is 11.8 Å². The van der Waals surface area contributed by atoms with E-state index >= 15 is 0 Å². The molecular formula is C31H21Br2Cl2N5O3S. The van der Waals surface area contributed by atoms with E-state index in [1.807, 2.05) is 41.8 Å². The van der Waals surface area contributed by atoms with Crippen LogP contribution in [0.5, 0.6) is 5.75 Å². The molecule has 0 spiro atoms. The molecule has 2 amide bonds. The van der Waals surface area contributed by atoms with Crippen LogP contribution in [-0.2, 0) is 4.79 Å². The van der Waals surface area contributed by atoms with E-state index in [1.165, 1.54) is 17.6 Å². The number of amides is 2.